The first kappa shape index (κ1) is 14.3. The zero-order chi connectivity index (χ0) is 14.5. The summed E-state index contributed by atoms with van der Waals surface area (Å²) in [6.07, 6.45) is 0.753. The molecule has 1 atom stereocenters. The van der Waals surface area contributed by atoms with Crippen molar-refractivity contribution in [1.82, 2.24) is 5.32 Å². The van der Waals surface area contributed by atoms with E-state index in [9.17, 15) is 9.18 Å². The third-order valence-corrected chi connectivity index (χ3v) is 3.35. The molecule has 0 aromatic heterocycles. The van der Waals surface area contributed by atoms with Crippen LogP contribution >= 0.6 is 0 Å². The predicted octanol–water partition coefficient (Wildman–Crippen LogP) is 4.02. The second-order valence-electron chi connectivity index (χ2n) is 4.78. The number of hydrogen-bond acceptors (Lipinski definition) is 1. The molecule has 2 aromatic rings. The lowest BCUT2D eigenvalue weighted by Gasteiger charge is -2.18. The van der Waals surface area contributed by atoms with Crippen LogP contribution < -0.4 is 5.32 Å². The van der Waals surface area contributed by atoms with Gasteiger partial charge in [-0.25, -0.2) is 4.39 Å². The van der Waals surface area contributed by atoms with Crippen molar-refractivity contribution in [1.29, 1.82) is 0 Å². The van der Waals surface area contributed by atoms with Gasteiger partial charge in [-0.1, -0.05) is 49.4 Å². The lowest BCUT2D eigenvalue weighted by atomic mass is 10.0. The molecule has 0 aliphatic carbocycles. The summed E-state index contributed by atoms with van der Waals surface area (Å²) in [5.41, 5.74) is 1.60. The zero-order valence-electron chi connectivity index (χ0n) is 11.7. The molecule has 20 heavy (non-hydrogen) atoms. The fraction of sp³-hybridized carbons (Fsp3) is 0.235. The van der Waals surface area contributed by atoms with Gasteiger partial charge >= 0.3 is 0 Å². The lowest BCUT2D eigenvalue weighted by molar-refractivity contribution is 0.0931. The van der Waals surface area contributed by atoms with Crippen molar-refractivity contribution in [3.05, 3.63) is 71.0 Å². The van der Waals surface area contributed by atoms with E-state index >= 15 is 0 Å². The Balaban J connectivity index is 2.20. The summed E-state index contributed by atoms with van der Waals surface area (Å²) in [6, 6.07) is 14.4. The monoisotopic (exact) mass is 271 g/mol. The van der Waals surface area contributed by atoms with Gasteiger partial charge in [0.1, 0.15) is 5.82 Å². The number of carbonyl (C=O) groups is 1. The molecule has 0 heterocycles. The number of aryl methyl sites for hydroxylation is 1. The fourth-order valence-corrected chi connectivity index (χ4v) is 2.17. The highest BCUT2D eigenvalue weighted by Gasteiger charge is 2.17. The summed E-state index contributed by atoms with van der Waals surface area (Å²) in [4.78, 5) is 12.2. The molecule has 0 saturated carbocycles. The van der Waals surface area contributed by atoms with Gasteiger partial charge in [0.15, 0.2) is 0 Å². The first-order valence-corrected chi connectivity index (χ1v) is 6.74. The summed E-state index contributed by atoms with van der Waals surface area (Å²) >= 11 is 0. The average Bonchev–Trinajstić information content (AvgIpc) is 2.48. The predicted molar refractivity (Wildman–Crippen MR) is 78.1 cm³/mol. The van der Waals surface area contributed by atoms with Crippen molar-refractivity contribution >= 4 is 5.91 Å². The van der Waals surface area contributed by atoms with Gasteiger partial charge in [0.05, 0.1) is 11.6 Å². The first-order chi connectivity index (χ1) is 9.63. The van der Waals surface area contributed by atoms with Crippen LogP contribution in [0.15, 0.2) is 48.5 Å². The van der Waals surface area contributed by atoms with Crippen LogP contribution in [-0.2, 0) is 0 Å². The minimum Gasteiger partial charge on any atom is -0.345 e. The third-order valence-electron chi connectivity index (χ3n) is 3.35. The second-order valence-corrected chi connectivity index (χ2v) is 4.78. The van der Waals surface area contributed by atoms with Crippen molar-refractivity contribution in [2.75, 3.05) is 0 Å². The highest BCUT2D eigenvalue weighted by atomic mass is 19.1. The van der Waals surface area contributed by atoms with Crippen molar-refractivity contribution in [3.8, 4) is 0 Å². The largest absolute Gasteiger partial charge is 0.345 e. The fourth-order valence-electron chi connectivity index (χ4n) is 2.17. The highest BCUT2D eigenvalue weighted by Crippen LogP contribution is 2.18. The Morgan fingerprint density at radius 2 is 1.85 bits per heavy atom. The van der Waals surface area contributed by atoms with Crippen LogP contribution in [0, 0.1) is 12.7 Å². The average molecular weight is 271 g/mol. The third kappa shape index (κ3) is 3.05. The van der Waals surface area contributed by atoms with Crippen LogP contribution in [-0.4, -0.2) is 5.91 Å². The minimum absolute atomic E-state index is 0.0966. The quantitative estimate of drug-likeness (QED) is 0.894. The standard InChI is InChI=1S/C17H18FNO/c1-3-15(13-9-5-4-6-10-13)19-17(20)14-11-7-8-12(2)16(14)18/h4-11,15H,3H2,1-2H3,(H,19,20). The Morgan fingerprint density at radius 3 is 2.50 bits per heavy atom. The SMILES string of the molecule is CCC(NC(=O)c1cccc(C)c1F)c1ccccc1. The molecule has 0 saturated heterocycles. The molecule has 0 spiro atoms. The van der Waals surface area contributed by atoms with Crippen LogP contribution in [0.2, 0.25) is 0 Å². The van der Waals surface area contributed by atoms with Gasteiger partial charge < -0.3 is 5.32 Å². The number of rotatable bonds is 4. The Hall–Kier alpha value is -2.16. The lowest BCUT2D eigenvalue weighted by Crippen LogP contribution is -2.29. The van der Waals surface area contributed by atoms with E-state index in [2.05, 4.69) is 5.32 Å². The van der Waals surface area contributed by atoms with E-state index < -0.39 is 5.82 Å². The number of benzene rings is 2. The maximum atomic E-state index is 13.9. The molecule has 0 aliphatic rings. The Kier molecular flexibility index (Phi) is 4.51. The molecule has 0 aliphatic heterocycles. The molecule has 2 aromatic carbocycles. The van der Waals surface area contributed by atoms with Crippen LogP contribution in [0.4, 0.5) is 4.39 Å². The van der Waals surface area contributed by atoms with E-state index in [1.54, 1.807) is 19.1 Å². The molecule has 0 fully saturated rings. The number of carbonyl (C=O) groups excluding carboxylic acids is 1. The highest BCUT2D eigenvalue weighted by molar-refractivity contribution is 5.94. The van der Waals surface area contributed by atoms with Crippen molar-refractivity contribution in [2.45, 2.75) is 26.3 Å². The van der Waals surface area contributed by atoms with Gasteiger partial charge in [-0.15, -0.1) is 0 Å². The van der Waals surface area contributed by atoms with Gasteiger partial charge in [0.25, 0.3) is 5.91 Å². The molecule has 2 nitrogen and oxygen atoms in total. The number of nitrogens with one attached hydrogen (secondary N) is 1. The molecule has 3 heteroatoms. The molecule has 1 amide bonds. The second kappa shape index (κ2) is 6.33. The maximum absolute atomic E-state index is 13.9. The summed E-state index contributed by atoms with van der Waals surface area (Å²) < 4.78 is 13.9. The van der Waals surface area contributed by atoms with Gasteiger partial charge in [0.2, 0.25) is 0 Å². The van der Waals surface area contributed by atoms with Gasteiger partial charge in [-0.2, -0.15) is 0 Å². The topological polar surface area (TPSA) is 29.1 Å². The number of amides is 1. The molecule has 1 unspecified atom stereocenters. The van der Waals surface area contributed by atoms with E-state index in [1.807, 2.05) is 37.3 Å². The Morgan fingerprint density at radius 1 is 1.15 bits per heavy atom. The summed E-state index contributed by atoms with van der Waals surface area (Å²) in [5, 5.41) is 2.89. The summed E-state index contributed by atoms with van der Waals surface area (Å²) in [6.45, 7) is 3.64. The molecule has 2 rings (SSSR count). The van der Waals surface area contributed by atoms with Crippen molar-refractivity contribution in [3.63, 3.8) is 0 Å². The zero-order valence-corrected chi connectivity index (χ0v) is 11.7. The van der Waals surface area contributed by atoms with Crippen LogP contribution in [0.1, 0.15) is 40.9 Å². The van der Waals surface area contributed by atoms with Crippen molar-refractivity contribution in [2.24, 2.45) is 0 Å². The van der Waals surface area contributed by atoms with E-state index in [1.165, 1.54) is 6.07 Å². The molecule has 1 N–H and O–H groups in total. The van der Waals surface area contributed by atoms with E-state index in [4.69, 9.17) is 0 Å². The van der Waals surface area contributed by atoms with Gasteiger partial charge in [0, 0.05) is 0 Å². The summed E-state index contributed by atoms with van der Waals surface area (Å²) in [7, 11) is 0. The molecular weight excluding hydrogens is 253 g/mol. The van der Waals surface area contributed by atoms with Crippen molar-refractivity contribution < 1.29 is 9.18 Å². The maximum Gasteiger partial charge on any atom is 0.254 e. The number of hydrogen-bond donors (Lipinski definition) is 1. The van der Waals surface area contributed by atoms with Crippen LogP contribution in [0.3, 0.4) is 0 Å². The Bertz CT molecular complexity index is 595. The first-order valence-electron chi connectivity index (χ1n) is 6.74. The number of halogens is 1. The van der Waals surface area contributed by atoms with E-state index in [0.29, 0.717) is 5.56 Å². The smallest absolute Gasteiger partial charge is 0.254 e. The van der Waals surface area contributed by atoms with Gasteiger partial charge in [-0.3, -0.25) is 4.79 Å². The van der Waals surface area contributed by atoms with E-state index in [0.717, 1.165) is 12.0 Å². The molecule has 0 radical (unpaired) electrons. The molecule has 104 valence electrons. The van der Waals surface area contributed by atoms with Crippen LogP contribution in [0.5, 0.6) is 0 Å². The normalized spacial score (nSPS) is 11.9. The van der Waals surface area contributed by atoms with E-state index in [-0.39, 0.29) is 17.5 Å². The van der Waals surface area contributed by atoms with Crippen LogP contribution in [0.25, 0.3) is 0 Å². The molecule has 0 bridgehead atoms. The van der Waals surface area contributed by atoms with Gasteiger partial charge in [-0.05, 0) is 30.5 Å². The Labute approximate surface area is 118 Å². The molecular formula is C17H18FNO. The minimum atomic E-state index is -0.451. The summed E-state index contributed by atoms with van der Waals surface area (Å²) in [5.74, 6) is -0.824.